The van der Waals surface area contributed by atoms with Crippen LogP contribution < -0.4 is 5.32 Å². The predicted molar refractivity (Wildman–Crippen MR) is 112 cm³/mol. The fraction of sp³-hybridized carbons (Fsp3) is 0.429. The molecular formula is C21H26ClN5O. The molecule has 0 spiro atoms. The molecule has 1 fully saturated rings. The van der Waals surface area contributed by atoms with Crippen molar-refractivity contribution < 1.29 is 4.74 Å². The van der Waals surface area contributed by atoms with Crippen LogP contribution in [0.5, 0.6) is 0 Å². The lowest BCUT2D eigenvalue weighted by Crippen LogP contribution is -2.42. The van der Waals surface area contributed by atoms with E-state index in [2.05, 4.69) is 38.5 Å². The van der Waals surface area contributed by atoms with Gasteiger partial charge in [0.2, 0.25) is 0 Å². The van der Waals surface area contributed by atoms with Crippen LogP contribution in [-0.2, 0) is 18.3 Å². The second-order valence-corrected chi connectivity index (χ2v) is 7.71. The van der Waals surface area contributed by atoms with E-state index in [0.717, 1.165) is 66.7 Å². The van der Waals surface area contributed by atoms with Crippen molar-refractivity contribution in [2.24, 2.45) is 7.05 Å². The minimum Gasteiger partial charge on any atom is -0.379 e. The molecule has 4 rings (SSSR count). The number of fused-ring (bicyclic) bond motifs is 1. The molecule has 3 aromatic rings. The number of pyridine rings is 1. The summed E-state index contributed by atoms with van der Waals surface area (Å²) in [5.74, 6) is 0. The van der Waals surface area contributed by atoms with Crippen LogP contribution in [0, 0.1) is 6.92 Å². The summed E-state index contributed by atoms with van der Waals surface area (Å²) in [6, 6.07) is 10.6. The Balaban J connectivity index is 1.47. The van der Waals surface area contributed by atoms with Crippen molar-refractivity contribution in [3.63, 3.8) is 0 Å². The zero-order chi connectivity index (χ0) is 19.5. The molecule has 1 saturated heterocycles. The summed E-state index contributed by atoms with van der Waals surface area (Å²) in [6.07, 6.45) is 1.93. The summed E-state index contributed by atoms with van der Waals surface area (Å²) in [7, 11) is 1.93. The molecule has 0 amide bonds. The second-order valence-electron chi connectivity index (χ2n) is 7.27. The van der Waals surface area contributed by atoms with E-state index in [1.807, 2.05) is 37.0 Å². The van der Waals surface area contributed by atoms with Crippen LogP contribution in [0.15, 0.2) is 36.5 Å². The number of hydrogen-bond donors (Lipinski definition) is 1. The number of rotatable bonds is 6. The number of benzene rings is 1. The molecule has 1 atom stereocenters. The second kappa shape index (κ2) is 8.57. The third-order valence-corrected chi connectivity index (χ3v) is 5.54. The number of nitrogens with zero attached hydrogens (tertiary/aromatic N) is 4. The van der Waals surface area contributed by atoms with Gasteiger partial charge in [0.05, 0.1) is 18.9 Å². The highest BCUT2D eigenvalue weighted by atomic mass is 35.5. The normalized spacial score (nSPS) is 16.5. The van der Waals surface area contributed by atoms with E-state index in [-0.39, 0.29) is 6.04 Å². The van der Waals surface area contributed by atoms with E-state index >= 15 is 0 Å². The minimum absolute atomic E-state index is 0.263. The van der Waals surface area contributed by atoms with E-state index in [1.165, 1.54) is 5.56 Å². The first-order chi connectivity index (χ1) is 13.6. The van der Waals surface area contributed by atoms with Gasteiger partial charge in [-0.1, -0.05) is 23.7 Å². The summed E-state index contributed by atoms with van der Waals surface area (Å²) >= 11 is 6.25. The molecule has 0 radical (unpaired) electrons. The maximum absolute atomic E-state index is 6.25. The first-order valence-electron chi connectivity index (χ1n) is 9.68. The predicted octanol–water partition coefficient (Wildman–Crippen LogP) is 3.09. The lowest BCUT2D eigenvalue weighted by atomic mass is 10.0. The van der Waals surface area contributed by atoms with E-state index in [9.17, 15) is 0 Å². The molecule has 0 saturated carbocycles. The largest absolute Gasteiger partial charge is 0.379 e. The zero-order valence-corrected chi connectivity index (χ0v) is 17.1. The maximum Gasteiger partial charge on any atom is 0.157 e. The lowest BCUT2D eigenvalue weighted by molar-refractivity contribution is 0.0161. The average Bonchev–Trinajstić information content (AvgIpc) is 2.99. The van der Waals surface area contributed by atoms with Gasteiger partial charge in [-0.25, -0.2) is 4.98 Å². The van der Waals surface area contributed by atoms with Crippen molar-refractivity contribution in [3.8, 4) is 0 Å². The fourth-order valence-corrected chi connectivity index (χ4v) is 4.06. The highest BCUT2D eigenvalue weighted by Crippen LogP contribution is 2.24. The summed E-state index contributed by atoms with van der Waals surface area (Å²) in [5.41, 5.74) is 4.33. The van der Waals surface area contributed by atoms with Crippen molar-refractivity contribution in [1.29, 1.82) is 0 Å². The average molecular weight is 400 g/mol. The Morgan fingerprint density at radius 1 is 1.25 bits per heavy atom. The van der Waals surface area contributed by atoms with Gasteiger partial charge in [0.15, 0.2) is 5.65 Å². The number of aryl methyl sites for hydroxylation is 2. The van der Waals surface area contributed by atoms with Gasteiger partial charge in [-0.15, -0.1) is 0 Å². The molecule has 1 unspecified atom stereocenters. The van der Waals surface area contributed by atoms with Gasteiger partial charge < -0.3 is 10.1 Å². The molecule has 3 heterocycles. The summed E-state index contributed by atoms with van der Waals surface area (Å²) in [6.45, 7) is 7.04. The van der Waals surface area contributed by atoms with Crippen molar-refractivity contribution in [1.82, 2.24) is 25.0 Å². The number of halogens is 1. The van der Waals surface area contributed by atoms with Crippen molar-refractivity contribution in [2.75, 3.05) is 32.8 Å². The molecule has 1 aliphatic heterocycles. The van der Waals surface area contributed by atoms with Crippen LogP contribution in [0.25, 0.3) is 11.0 Å². The Morgan fingerprint density at radius 3 is 2.86 bits per heavy atom. The topological polar surface area (TPSA) is 55.2 Å². The summed E-state index contributed by atoms with van der Waals surface area (Å²) in [4.78, 5) is 7.04. The fourth-order valence-electron chi connectivity index (χ4n) is 3.86. The van der Waals surface area contributed by atoms with E-state index in [0.29, 0.717) is 0 Å². The minimum atomic E-state index is 0.263. The van der Waals surface area contributed by atoms with Gasteiger partial charge in [0.1, 0.15) is 0 Å². The Morgan fingerprint density at radius 2 is 2.07 bits per heavy atom. The van der Waals surface area contributed by atoms with E-state index < -0.39 is 0 Å². The number of hydrogen-bond acceptors (Lipinski definition) is 5. The smallest absolute Gasteiger partial charge is 0.157 e. The molecule has 6 nitrogen and oxygen atoms in total. The van der Waals surface area contributed by atoms with Gasteiger partial charge >= 0.3 is 0 Å². The molecule has 0 bridgehead atoms. The zero-order valence-electron chi connectivity index (χ0n) is 16.4. The molecule has 2 aromatic heterocycles. The number of ether oxygens (including phenoxy) is 1. The van der Waals surface area contributed by atoms with Crippen LogP contribution in [-0.4, -0.2) is 52.5 Å². The Bertz CT molecular complexity index is 951. The third kappa shape index (κ3) is 4.20. The number of morpholine rings is 1. The lowest BCUT2D eigenvalue weighted by Gasteiger charge is -2.35. The SMILES string of the molecule is Cc1nn(C)c2ncc(CNCC(c3cccc(Cl)c3)N3CCOCC3)cc12. The molecule has 1 aromatic carbocycles. The summed E-state index contributed by atoms with van der Waals surface area (Å²) < 4.78 is 7.36. The first-order valence-corrected chi connectivity index (χ1v) is 10.1. The standard InChI is InChI=1S/C21H26ClN5O/c1-15-19-10-16(13-24-21(19)26(2)25-15)12-23-14-20(27-6-8-28-9-7-27)17-4-3-5-18(22)11-17/h3-5,10-11,13,20,23H,6-9,12,14H2,1-2H3. The molecular weight excluding hydrogens is 374 g/mol. The summed E-state index contributed by atoms with van der Waals surface area (Å²) in [5, 5.41) is 9.95. The highest BCUT2D eigenvalue weighted by Gasteiger charge is 2.22. The van der Waals surface area contributed by atoms with Gasteiger partial charge in [-0.2, -0.15) is 5.10 Å². The molecule has 28 heavy (non-hydrogen) atoms. The first kappa shape index (κ1) is 19.3. The maximum atomic E-state index is 6.25. The Labute approximate surface area is 170 Å². The van der Waals surface area contributed by atoms with E-state index in [1.54, 1.807) is 0 Å². The third-order valence-electron chi connectivity index (χ3n) is 5.31. The number of nitrogens with one attached hydrogen (secondary N) is 1. The van der Waals surface area contributed by atoms with Crippen LogP contribution >= 0.6 is 11.6 Å². The van der Waals surface area contributed by atoms with E-state index in [4.69, 9.17) is 16.3 Å². The molecule has 1 aliphatic rings. The monoisotopic (exact) mass is 399 g/mol. The molecule has 1 N–H and O–H groups in total. The number of aromatic nitrogens is 3. The van der Waals surface area contributed by atoms with Gasteiger partial charge in [-0.05, 0) is 36.2 Å². The molecule has 7 heteroatoms. The van der Waals surface area contributed by atoms with Crippen molar-refractivity contribution >= 4 is 22.6 Å². The van der Waals surface area contributed by atoms with Gasteiger partial charge in [0, 0.05) is 55.9 Å². The van der Waals surface area contributed by atoms with Crippen LogP contribution in [0.3, 0.4) is 0 Å². The molecule has 0 aliphatic carbocycles. The molecule has 148 valence electrons. The van der Waals surface area contributed by atoms with Crippen molar-refractivity contribution in [2.45, 2.75) is 19.5 Å². The Hall–Kier alpha value is -1.99. The van der Waals surface area contributed by atoms with Crippen LogP contribution in [0.1, 0.15) is 22.9 Å². The highest BCUT2D eigenvalue weighted by molar-refractivity contribution is 6.30. The van der Waals surface area contributed by atoms with Gasteiger partial charge in [-0.3, -0.25) is 9.58 Å². The van der Waals surface area contributed by atoms with Crippen LogP contribution in [0.2, 0.25) is 5.02 Å². The Kier molecular flexibility index (Phi) is 5.92. The van der Waals surface area contributed by atoms with Crippen molar-refractivity contribution in [3.05, 3.63) is 58.4 Å². The van der Waals surface area contributed by atoms with Gasteiger partial charge in [0.25, 0.3) is 0 Å². The van der Waals surface area contributed by atoms with Crippen LogP contribution in [0.4, 0.5) is 0 Å². The quantitative estimate of drug-likeness (QED) is 0.690.